The zero-order chi connectivity index (χ0) is 12.2. The van der Waals surface area contributed by atoms with Gasteiger partial charge in [0.1, 0.15) is 6.61 Å². The number of carbonyl (C=O) groups excluding carboxylic acids is 1. The Labute approximate surface area is 99.8 Å². The Morgan fingerprint density at radius 2 is 2.06 bits per heavy atom. The van der Waals surface area contributed by atoms with Crippen molar-refractivity contribution in [1.29, 1.82) is 0 Å². The lowest BCUT2D eigenvalue weighted by Crippen LogP contribution is -2.33. The maximum atomic E-state index is 11.4. The quantitative estimate of drug-likeness (QED) is 0.716. The van der Waals surface area contributed by atoms with Crippen molar-refractivity contribution in [1.82, 2.24) is 0 Å². The zero-order valence-electron chi connectivity index (χ0n) is 11.2. The van der Waals surface area contributed by atoms with Gasteiger partial charge in [-0.3, -0.25) is 4.79 Å². The van der Waals surface area contributed by atoms with Crippen LogP contribution in [-0.4, -0.2) is 18.5 Å². The summed E-state index contributed by atoms with van der Waals surface area (Å²) in [6.45, 7) is 9.23. The van der Waals surface area contributed by atoms with Crippen LogP contribution in [0.1, 0.15) is 59.8 Å². The molecule has 1 aliphatic carbocycles. The van der Waals surface area contributed by atoms with Crippen molar-refractivity contribution < 1.29 is 9.53 Å². The molecule has 2 unspecified atom stereocenters. The van der Waals surface area contributed by atoms with Crippen LogP contribution >= 0.6 is 0 Å². The Balaban J connectivity index is 2.34. The molecule has 0 aromatic rings. The molecule has 2 atom stereocenters. The Kier molecular flexibility index (Phi) is 4.97. The van der Waals surface area contributed by atoms with Gasteiger partial charge in [0.2, 0.25) is 0 Å². The normalized spacial score (nSPS) is 29.0. The molecule has 0 aromatic heterocycles. The summed E-state index contributed by atoms with van der Waals surface area (Å²) in [7, 11) is 0. The molecule has 1 saturated carbocycles. The molecule has 1 fully saturated rings. The van der Waals surface area contributed by atoms with Crippen LogP contribution < -0.4 is 0 Å². The van der Waals surface area contributed by atoms with Crippen molar-refractivity contribution in [2.75, 3.05) is 6.61 Å². The number of rotatable bonds is 5. The van der Waals surface area contributed by atoms with E-state index >= 15 is 0 Å². The lowest BCUT2D eigenvalue weighted by molar-refractivity contribution is -0.127. The van der Waals surface area contributed by atoms with Crippen molar-refractivity contribution in [2.45, 2.75) is 65.9 Å². The molecule has 2 heteroatoms. The van der Waals surface area contributed by atoms with E-state index in [0.29, 0.717) is 24.5 Å². The van der Waals surface area contributed by atoms with Gasteiger partial charge in [0.15, 0.2) is 5.78 Å². The van der Waals surface area contributed by atoms with Gasteiger partial charge >= 0.3 is 0 Å². The second kappa shape index (κ2) is 5.81. The molecule has 0 N–H and O–H groups in total. The van der Waals surface area contributed by atoms with Crippen LogP contribution in [0.4, 0.5) is 0 Å². The summed E-state index contributed by atoms with van der Waals surface area (Å²) < 4.78 is 5.75. The fraction of sp³-hybridized carbons (Fsp3) is 0.929. The lowest BCUT2D eigenvalue weighted by atomic mass is 9.71. The van der Waals surface area contributed by atoms with Crippen LogP contribution in [0.15, 0.2) is 0 Å². The van der Waals surface area contributed by atoms with Crippen molar-refractivity contribution in [3.05, 3.63) is 0 Å². The second-order valence-corrected chi connectivity index (χ2v) is 6.14. The molecule has 0 aliphatic heterocycles. The highest BCUT2D eigenvalue weighted by atomic mass is 16.5. The third kappa shape index (κ3) is 4.65. The van der Waals surface area contributed by atoms with Crippen LogP contribution in [0.5, 0.6) is 0 Å². The van der Waals surface area contributed by atoms with Crippen molar-refractivity contribution in [2.24, 2.45) is 11.3 Å². The molecule has 0 saturated heterocycles. The predicted molar refractivity (Wildman–Crippen MR) is 66.5 cm³/mol. The van der Waals surface area contributed by atoms with Gasteiger partial charge in [-0.15, -0.1) is 0 Å². The summed E-state index contributed by atoms with van der Waals surface area (Å²) in [6, 6.07) is 0. The number of hydrogen-bond acceptors (Lipinski definition) is 2. The molecule has 94 valence electrons. The Bertz CT molecular complexity index is 233. The van der Waals surface area contributed by atoms with Gasteiger partial charge < -0.3 is 4.74 Å². The fourth-order valence-corrected chi connectivity index (χ4v) is 2.95. The van der Waals surface area contributed by atoms with E-state index in [4.69, 9.17) is 4.74 Å². The Hall–Kier alpha value is -0.370. The molecule has 0 amide bonds. The highest BCUT2D eigenvalue weighted by molar-refractivity contribution is 5.79. The van der Waals surface area contributed by atoms with E-state index in [1.165, 1.54) is 6.42 Å². The van der Waals surface area contributed by atoms with E-state index in [1.54, 1.807) is 0 Å². The average Bonchev–Trinajstić information content (AvgIpc) is 2.12. The molecule has 0 radical (unpaired) electrons. The lowest BCUT2D eigenvalue weighted by Gasteiger charge is -2.38. The third-order valence-corrected chi connectivity index (χ3v) is 3.36. The highest BCUT2D eigenvalue weighted by Gasteiger charge is 2.32. The van der Waals surface area contributed by atoms with Gasteiger partial charge in [-0.05, 0) is 37.0 Å². The summed E-state index contributed by atoms with van der Waals surface area (Å²) in [5.41, 5.74) is 0.371. The van der Waals surface area contributed by atoms with Crippen molar-refractivity contribution in [3.63, 3.8) is 0 Å². The van der Waals surface area contributed by atoms with Crippen molar-refractivity contribution >= 4 is 5.78 Å². The minimum atomic E-state index is 0.249. The number of carbonyl (C=O) groups is 1. The zero-order valence-corrected chi connectivity index (χ0v) is 11.2. The highest BCUT2D eigenvalue weighted by Crippen LogP contribution is 2.39. The molecule has 0 aromatic carbocycles. The van der Waals surface area contributed by atoms with Crippen molar-refractivity contribution in [3.8, 4) is 0 Å². The topological polar surface area (TPSA) is 26.3 Å². The van der Waals surface area contributed by atoms with Crippen LogP contribution in [-0.2, 0) is 9.53 Å². The standard InChI is InChI=1S/C14H26O2/c1-5-6-12(15)10-16-13-7-11(2)8-14(3,4)9-13/h11,13H,5-10H2,1-4H3. The number of Topliss-reactive ketones (excluding diaryl/α,β-unsaturated/α-hetero) is 1. The molecular weight excluding hydrogens is 200 g/mol. The number of ketones is 1. The summed E-state index contributed by atoms with van der Waals surface area (Å²) in [5.74, 6) is 0.966. The average molecular weight is 226 g/mol. The van der Waals surface area contributed by atoms with E-state index in [-0.39, 0.29) is 5.78 Å². The summed E-state index contributed by atoms with van der Waals surface area (Å²) in [4.78, 5) is 11.4. The van der Waals surface area contributed by atoms with E-state index in [9.17, 15) is 4.79 Å². The minimum Gasteiger partial charge on any atom is -0.370 e. The van der Waals surface area contributed by atoms with Gasteiger partial charge in [0, 0.05) is 6.42 Å². The number of hydrogen-bond donors (Lipinski definition) is 0. The van der Waals surface area contributed by atoms with Crippen LogP contribution in [0.3, 0.4) is 0 Å². The van der Waals surface area contributed by atoms with E-state index in [2.05, 4.69) is 20.8 Å². The Morgan fingerprint density at radius 1 is 1.38 bits per heavy atom. The molecule has 0 bridgehead atoms. The first-order chi connectivity index (χ1) is 7.43. The molecule has 0 spiro atoms. The first-order valence-corrected chi connectivity index (χ1v) is 6.56. The largest absolute Gasteiger partial charge is 0.370 e. The van der Waals surface area contributed by atoms with Crippen LogP contribution in [0.2, 0.25) is 0 Å². The minimum absolute atomic E-state index is 0.249. The first kappa shape index (κ1) is 13.7. The molecule has 1 rings (SSSR count). The number of ether oxygens (including phenoxy) is 1. The summed E-state index contributed by atoms with van der Waals surface area (Å²) in [6.07, 6.45) is 5.36. The molecule has 0 heterocycles. The van der Waals surface area contributed by atoms with E-state index in [1.807, 2.05) is 6.92 Å². The SMILES string of the molecule is CCCC(=O)COC1CC(C)CC(C)(C)C1. The van der Waals surface area contributed by atoms with Gasteiger partial charge in [-0.2, -0.15) is 0 Å². The molecule has 1 aliphatic rings. The third-order valence-electron chi connectivity index (χ3n) is 3.36. The first-order valence-electron chi connectivity index (χ1n) is 6.56. The van der Waals surface area contributed by atoms with Gasteiger partial charge in [0.25, 0.3) is 0 Å². The van der Waals surface area contributed by atoms with Gasteiger partial charge in [-0.25, -0.2) is 0 Å². The van der Waals surface area contributed by atoms with Gasteiger partial charge in [-0.1, -0.05) is 27.7 Å². The van der Waals surface area contributed by atoms with E-state index in [0.717, 1.165) is 25.2 Å². The monoisotopic (exact) mass is 226 g/mol. The smallest absolute Gasteiger partial charge is 0.158 e. The maximum absolute atomic E-state index is 11.4. The van der Waals surface area contributed by atoms with Crippen LogP contribution in [0.25, 0.3) is 0 Å². The maximum Gasteiger partial charge on any atom is 0.158 e. The summed E-state index contributed by atoms with van der Waals surface area (Å²) >= 11 is 0. The van der Waals surface area contributed by atoms with Gasteiger partial charge in [0.05, 0.1) is 6.10 Å². The van der Waals surface area contributed by atoms with Crippen LogP contribution in [0, 0.1) is 11.3 Å². The molecular formula is C14H26O2. The molecule has 2 nitrogen and oxygen atoms in total. The predicted octanol–water partition coefficient (Wildman–Crippen LogP) is 3.59. The molecule has 16 heavy (non-hydrogen) atoms. The fourth-order valence-electron chi connectivity index (χ4n) is 2.95. The second-order valence-electron chi connectivity index (χ2n) is 6.14. The summed E-state index contributed by atoms with van der Waals surface area (Å²) in [5, 5.41) is 0. The Morgan fingerprint density at radius 3 is 2.62 bits per heavy atom. The van der Waals surface area contributed by atoms with E-state index < -0.39 is 0 Å².